The molecule has 1 N–H and O–H groups in total. The van der Waals surface area contributed by atoms with Crippen LogP contribution in [0.15, 0.2) is 53.1 Å². The fourth-order valence-electron chi connectivity index (χ4n) is 3.12. The quantitative estimate of drug-likeness (QED) is 0.520. The van der Waals surface area contributed by atoms with Crippen LogP contribution in [0, 0.1) is 6.92 Å². The molecule has 0 fully saturated rings. The minimum Gasteiger partial charge on any atom is -0.485 e. The van der Waals surface area contributed by atoms with E-state index in [0.717, 1.165) is 23.4 Å². The maximum Gasteiger partial charge on any atom is 0.251 e. The number of nitrogens with one attached hydrogen (secondary N) is 1. The summed E-state index contributed by atoms with van der Waals surface area (Å²) in [5.74, 6) is 2.25. The van der Waals surface area contributed by atoms with E-state index in [0.29, 0.717) is 29.6 Å². The number of hydrogen-bond acceptors (Lipinski definition) is 6. The molecule has 29 heavy (non-hydrogen) atoms. The van der Waals surface area contributed by atoms with E-state index in [1.165, 1.54) is 0 Å². The van der Waals surface area contributed by atoms with Crippen molar-refractivity contribution in [3.8, 4) is 5.75 Å². The predicted octanol–water partition coefficient (Wildman–Crippen LogP) is 3.26. The number of ether oxygens (including phenoxy) is 1. The monoisotopic (exact) mass is 391 g/mol. The van der Waals surface area contributed by atoms with Crippen molar-refractivity contribution in [1.82, 2.24) is 25.0 Å². The second-order valence-electron chi connectivity index (χ2n) is 6.49. The highest BCUT2D eigenvalue weighted by Gasteiger charge is 2.12. The zero-order valence-electron chi connectivity index (χ0n) is 16.3. The van der Waals surface area contributed by atoms with Crippen molar-refractivity contribution < 1.29 is 14.1 Å². The topological polar surface area (TPSA) is 95.1 Å². The maximum absolute atomic E-state index is 12.5. The van der Waals surface area contributed by atoms with E-state index in [4.69, 9.17) is 9.26 Å². The Kier molecular flexibility index (Phi) is 5.24. The molecular formula is C21H21N5O3. The van der Waals surface area contributed by atoms with Gasteiger partial charge in [-0.05, 0) is 43.3 Å². The standard InChI is InChI=1S/C21H21N5O3/c1-3-26-18-7-5-4-6-17(18)24-20(26)12-22-21(27)15-8-10-16(11-9-15)28-13-19-23-14(2)29-25-19/h4-11H,3,12-13H2,1-2H3,(H,22,27). The van der Waals surface area contributed by atoms with Gasteiger partial charge < -0.3 is 19.1 Å². The van der Waals surface area contributed by atoms with Crippen molar-refractivity contribution in [3.63, 3.8) is 0 Å². The lowest BCUT2D eigenvalue weighted by Crippen LogP contribution is -2.24. The third kappa shape index (κ3) is 4.11. The lowest BCUT2D eigenvalue weighted by Gasteiger charge is -2.08. The summed E-state index contributed by atoms with van der Waals surface area (Å²) < 4.78 is 12.6. The molecule has 148 valence electrons. The Morgan fingerprint density at radius 1 is 1.14 bits per heavy atom. The van der Waals surface area contributed by atoms with Crippen molar-refractivity contribution in [3.05, 3.63) is 71.6 Å². The van der Waals surface area contributed by atoms with Crippen LogP contribution in [0.5, 0.6) is 5.75 Å². The number of aryl methyl sites for hydroxylation is 2. The summed E-state index contributed by atoms with van der Waals surface area (Å²) in [5, 5.41) is 6.71. The maximum atomic E-state index is 12.5. The number of rotatable bonds is 7. The third-order valence-corrected chi connectivity index (χ3v) is 4.51. The molecule has 1 amide bonds. The molecule has 0 aliphatic rings. The van der Waals surface area contributed by atoms with E-state index in [1.54, 1.807) is 31.2 Å². The lowest BCUT2D eigenvalue weighted by molar-refractivity contribution is 0.0949. The fraction of sp³-hybridized carbons (Fsp3) is 0.238. The van der Waals surface area contributed by atoms with Crippen molar-refractivity contribution in [2.75, 3.05) is 0 Å². The van der Waals surface area contributed by atoms with Crippen LogP contribution in [0.1, 0.15) is 34.8 Å². The van der Waals surface area contributed by atoms with E-state index in [1.807, 2.05) is 24.3 Å². The molecule has 0 aliphatic heterocycles. The van der Waals surface area contributed by atoms with Gasteiger partial charge in [0.05, 0.1) is 17.6 Å². The number of fused-ring (bicyclic) bond motifs is 1. The Balaban J connectivity index is 1.37. The van der Waals surface area contributed by atoms with Crippen molar-refractivity contribution in [2.24, 2.45) is 0 Å². The summed E-state index contributed by atoms with van der Waals surface area (Å²) >= 11 is 0. The number of imidazole rings is 1. The molecule has 0 radical (unpaired) electrons. The zero-order valence-corrected chi connectivity index (χ0v) is 16.3. The highest BCUT2D eigenvalue weighted by Crippen LogP contribution is 2.17. The molecule has 4 rings (SSSR count). The number of nitrogens with zero attached hydrogens (tertiary/aromatic N) is 4. The Morgan fingerprint density at radius 2 is 1.93 bits per heavy atom. The third-order valence-electron chi connectivity index (χ3n) is 4.51. The van der Waals surface area contributed by atoms with E-state index in [2.05, 4.69) is 31.9 Å². The Bertz CT molecular complexity index is 1130. The average molecular weight is 391 g/mol. The average Bonchev–Trinajstić information content (AvgIpc) is 3.33. The van der Waals surface area contributed by atoms with Gasteiger partial charge in [0.25, 0.3) is 5.91 Å². The van der Waals surface area contributed by atoms with Crippen LogP contribution in [0.25, 0.3) is 11.0 Å². The second-order valence-corrected chi connectivity index (χ2v) is 6.49. The van der Waals surface area contributed by atoms with Gasteiger partial charge in [-0.1, -0.05) is 17.3 Å². The van der Waals surface area contributed by atoms with E-state index >= 15 is 0 Å². The molecule has 4 aromatic rings. The van der Waals surface area contributed by atoms with E-state index in [-0.39, 0.29) is 12.5 Å². The van der Waals surface area contributed by atoms with Crippen molar-refractivity contribution in [2.45, 2.75) is 33.5 Å². The second kappa shape index (κ2) is 8.14. The number of hydrogen-bond donors (Lipinski definition) is 1. The molecule has 2 aromatic carbocycles. The summed E-state index contributed by atoms with van der Waals surface area (Å²) in [6.07, 6.45) is 0. The molecule has 0 atom stereocenters. The van der Waals surface area contributed by atoms with Crippen molar-refractivity contribution in [1.29, 1.82) is 0 Å². The summed E-state index contributed by atoms with van der Waals surface area (Å²) in [7, 11) is 0. The van der Waals surface area contributed by atoms with Gasteiger partial charge in [0, 0.05) is 19.0 Å². The Morgan fingerprint density at radius 3 is 2.66 bits per heavy atom. The highest BCUT2D eigenvalue weighted by molar-refractivity contribution is 5.94. The minimum atomic E-state index is -0.167. The Hall–Kier alpha value is -3.68. The summed E-state index contributed by atoms with van der Waals surface area (Å²) in [5.41, 5.74) is 2.54. The molecule has 2 heterocycles. The summed E-state index contributed by atoms with van der Waals surface area (Å²) in [4.78, 5) is 21.2. The number of carbonyl (C=O) groups excluding carboxylic acids is 1. The molecular weight excluding hydrogens is 370 g/mol. The van der Waals surface area contributed by atoms with Gasteiger partial charge in [0.2, 0.25) is 11.7 Å². The number of carbonyl (C=O) groups is 1. The first-order chi connectivity index (χ1) is 14.1. The summed E-state index contributed by atoms with van der Waals surface area (Å²) in [6, 6.07) is 14.9. The lowest BCUT2D eigenvalue weighted by atomic mass is 10.2. The van der Waals surface area contributed by atoms with Crippen LogP contribution >= 0.6 is 0 Å². The number of para-hydroxylation sites is 2. The van der Waals surface area contributed by atoms with Gasteiger partial charge in [0.15, 0.2) is 6.61 Å². The van der Waals surface area contributed by atoms with Crippen LogP contribution in [-0.2, 0) is 19.7 Å². The van der Waals surface area contributed by atoms with Crippen LogP contribution < -0.4 is 10.1 Å². The van der Waals surface area contributed by atoms with Crippen LogP contribution in [-0.4, -0.2) is 25.6 Å². The first-order valence-electron chi connectivity index (χ1n) is 9.38. The zero-order chi connectivity index (χ0) is 20.2. The van der Waals surface area contributed by atoms with Gasteiger partial charge >= 0.3 is 0 Å². The normalized spacial score (nSPS) is 11.0. The highest BCUT2D eigenvalue weighted by atomic mass is 16.5. The first-order valence-corrected chi connectivity index (χ1v) is 9.38. The summed E-state index contributed by atoms with van der Waals surface area (Å²) in [6.45, 7) is 5.14. The number of benzene rings is 2. The smallest absolute Gasteiger partial charge is 0.251 e. The molecule has 0 saturated heterocycles. The first kappa shape index (κ1) is 18.7. The van der Waals surface area contributed by atoms with Crippen LogP contribution in [0.4, 0.5) is 0 Å². The van der Waals surface area contributed by atoms with E-state index < -0.39 is 0 Å². The van der Waals surface area contributed by atoms with Crippen molar-refractivity contribution >= 4 is 16.9 Å². The largest absolute Gasteiger partial charge is 0.485 e. The molecule has 2 aromatic heterocycles. The molecule has 0 saturated carbocycles. The van der Waals surface area contributed by atoms with Gasteiger partial charge in [-0.15, -0.1) is 0 Å². The fourth-order valence-corrected chi connectivity index (χ4v) is 3.12. The number of aromatic nitrogens is 4. The van der Waals surface area contributed by atoms with Gasteiger partial charge in [-0.25, -0.2) is 4.98 Å². The Labute approximate surface area is 167 Å². The molecule has 8 heteroatoms. The molecule has 0 bridgehead atoms. The number of amides is 1. The molecule has 8 nitrogen and oxygen atoms in total. The van der Waals surface area contributed by atoms with Gasteiger partial charge in [-0.2, -0.15) is 4.98 Å². The predicted molar refractivity (Wildman–Crippen MR) is 106 cm³/mol. The van der Waals surface area contributed by atoms with Crippen LogP contribution in [0.2, 0.25) is 0 Å². The van der Waals surface area contributed by atoms with E-state index in [9.17, 15) is 4.79 Å². The molecule has 0 unspecified atom stereocenters. The van der Waals surface area contributed by atoms with Gasteiger partial charge in [0.1, 0.15) is 11.6 Å². The minimum absolute atomic E-state index is 0.167. The SMILES string of the molecule is CCn1c(CNC(=O)c2ccc(OCc3noc(C)n3)cc2)nc2ccccc21. The molecule has 0 spiro atoms. The molecule has 0 aliphatic carbocycles. The van der Waals surface area contributed by atoms with Crippen LogP contribution in [0.3, 0.4) is 0 Å². The van der Waals surface area contributed by atoms with Gasteiger partial charge in [-0.3, -0.25) is 4.79 Å².